The van der Waals surface area contributed by atoms with E-state index < -0.39 is 0 Å². The van der Waals surface area contributed by atoms with Crippen LogP contribution in [0.3, 0.4) is 0 Å². The topological polar surface area (TPSA) is 0 Å². The fraction of sp³-hybridized carbons (Fsp3) is 0. The second-order valence-electron chi connectivity index (χ2n) is 1.75. The predicted molar refractivity (Wildman–Crippen MR) is 34.5 cm³/mol. The minimum atomic E-state index is 0.759. The molecule has 0 N–H and O–H groups in total. The molecule has 4 rings (SSSR count). The van der Waals surface area contributed by atoms with Crippen LogP contribution in [0.2, 0.25) is 0 Å². The Bertz CT molecular complexity index is 72.6. The summed E-state index contributed by atoms with van der Waals surface area (Å²) in [6.07, 6.45) is 0. The molecule has 4 heterocycles. The van der Waals surface area contributed by atoms with Crippen LogP contribution in [0, 0.1) is 0 Å². The van der Waals surface area contributed by atoms with E-state index in [1.165, 1.54) is 0 Å². The van der Waals surface area contributed by atoms with Crippen LogP contribution in [-0.2, 0) is 0 Å². The summed E-state index contributed by atoms with van der Waals surface area (Å²) in [6.45, 7) is 0. The van der Waals surface area contributed by atoms with Crippen molar-refractivity contribution in [2.75, 3.05) is 0 Å². The Morgan fingerprint density at radius 3 is 1.50 bits per heavy atom. The van der Waals surface area contributed by atoms with Crippen LogP contribution in [0.4, 0.5) is 0 Å². The molecule has 4 aliphatic rings. The smallest absolute Gasteiger partial charge is 0 e. The van der Waals surface area contributed by atoms with Crippen molar-refractivity contribution < 1.29 is 0 Å². The number of fused-ring (bicyclic) bond motifs is 1. The number of rotatable bonds is 0. The van der Waals surface area contributed by atoms with Gasteiger partial charge in [0.05, 0.1) is 0 Å². The van der Waals surface area contributed by atoms with Gasteiger partial charge in [0.1, 0.15) is 0 Å². The van der Waals surface area contributed by atoms with E-state index in [2.05, 4.69) is 0 Å². The van der Waals surface area contributed by atoms with E-state index in [-0.39, 0.29) is 0 Å². The lowest BCUT2D eigenvalue weighted by Gasteiger charge is -1.79. The number of hydrogen-bond acceptors (Lipinski definition) is 0. The summed E-state index contributed by atoms with van der Waals surface area (Å²) in [5, 5.41) is 0. The average molecular weight is 169 g/mol. The normalized spacial score (nSPS) is 44.0. The highest BCUT2D eigenvalue weighted by molar-refractivity contribution is 8.55. The standard InChI is InChI=1S/Si6/c1-2-4-5-3(1)6(4)5. The first-order valence-electron chi connectivity index (χ1n) is 2.00. The largest absolute Gasteiger partial charge is 0 e. The highest BCUT2D eigenvalue weighted by atomic mass is 30.9. The zero-order chi connectivity index (χ0) is 3.72. The van der Waals surface area contributed by atoms with E-state index in [0.717, 1.165) is 29.4 Å². The third kappa shape index (κ3) is 0.197. The molecule has 0 aromatic heterocycles. The van der Waals surface area contributed by atoms with Crippen molar-refractivity contribution in [3.8, 4) is 0 Å². The van der Waals surface area contributed by atoms with E-state index in [4.69, 9.17) is 0 Å². The van der Waals surface area contributed by atoms with Crippen molar-refractivity contribution in [1.82, 2.24) is 0 Å². The van der Waals surface area contributed by atoms with Gasteiger partial charge in [0.15, 0.2) is 0 Å². The van der Waals surface area contributed by atoms with Gasteiger partial charge in [-0.3, -0.25) is 0 Å². The van der Waals surface area contributed by atoms with Crippen molar-refractivity contribution in [1.29, 1.82) is 0 Å². The molecule has 0 saturated carbocycles. The monoisotopic (exact) mass is 168 g/mol. The molecular formula is Si6. The minimum absolute atomic E-state index is 0.759. The molecule has 8 radical (unpaired) electrons. The maximum Gasteiger partial charge on any atom is 0 e. The van der Waals surface area contributed by atoms with Gasteiger partial charge in [-0.25, -0.2) is 0 Å². The second kappa shape index (κ2) is 0.756. The Morgan fingerprint density at radius 1 is 0.833 bits per heavy atom. The molecule has 0 aromatic carbocycles. The van der Waals surface area contributed by atoms with Crippen LogP contribution in [-0.4, -0.2) is 46.5 Å². The van der Waals surface area contributed by atoms with Gasteiger partial charge in [-0.2, -0.15) is 0 Å². The summed E-state index contributed by atoms with van der Waals surface area (Å²) in [7, 11) is 6.48. The molecular weight excluding hydrogens is 169 g/mol. The summed E-state index contributed by atoms with van der Waals surface area (Å²) < 4.78 is 0. The van der Waals surface area contributed by atoms with E-state index in [0.29, 0.717) is 0 Å². The Hall–Kier alpha value is 1.30. The second-order valence-corrected chi connectivity index (χ2v) is 47.2. The summed E-state index contributed by atoms with van der Waals surface area (Å²) in [4.78, 5) is 0. The molecule has 0 spiro atoms. The SMILES string of the molecule is [Si]1[Si][Si]2[Si]3[Si]1[Si]23. The molecule has 24 valence electrons. The van der Waals surface area contributed by atoms with Crippen LogP contribution in [0.25, 0.3) is 0 Å². The molecule has 4 saturated heterocycles. The molecule has 4 aliphatic heterocycles. The highest BCUT2D eigenvalue weighted by Gasteiger charge is 2.79. The van der Waals surface area contributed by atoms with Gasteiger partial charge >= 0.3 is 0 Å². The molecule has 0 unspecified atom stereocenters. The molecule has 0 atom stereocenters. The van der Waals surface area contributed by atoms with Gasteiger partial charge in [0.2, 0.25) is 0 Å². The molecule has 6 heavy (non-hydrogen) atoms. The van der Waals surface area contributed by atoms with E-state index in [9.17, 15) is 0 Å². The third-order valence-corrected chi connectivity index (χ3v) is 103. The van der Waals surface area contributed by atoms with Crippen molar-refractivity contribution >= 4 is 46.5 Å². The maximum atomic E-state index is 1.66. The molecule has 0 amide bonds. The zero-order valence-corrected chi connectivity index (χ0v) is 9.00. The molecule has 0 aliphatic carbocycles. The van der Waals surface area contributed by atoms with Crippen LogP contribution in [0.1, 0.15) is 0 Å². The molecule has 2 bridgehead atoms. The molecule has 0 nitrogen and oxygen atoms in total. The zero-order valence-electron chi connectivity index (χ0n) is 3.00. The van der Waals surface area contributed by atoms with Gasteiger partial charge in [-0.05, 0) is 0 Å². The first kappa shape index (κ1) is 3.35. The summed E-state index contributed by atoms with van der Waals surface area (Å²) >= 11 is 0. The lowest BCUT2D eigenvalue weighted by molar-refractivity contribution is 3.96. The van der Waals surface area contributed by atoms with Crippen molar-refractivity contribution in [2.45, 2.75) is 0 Å². The number of hydrogen-bond donors (Lipinski definition) is 0. The van der Waals surface area contributed by atoms with E-state index in [1.807, 2.05) is 0 Å². The maximum absolute atomic E-state index is 1.66. The Morgan fingerprint density at radius 2 is 1.33 bits per heavy atom. The van der Waals surface area contributed by atoms with Crippen molar-refractivity contribution in [3.63, 3.8) is 0 Å². The Labute approximate surface area is 46.7 Å². The predicted octanol–water partition coefficient (Wildman–Crippen LogP) is -2.28. The Balaban J connectivity index is 2.21. The molecule has 6 heteroatoms. The Kier molecular flexibility index (Phi) is 0.422. The third-order valence-electron chi connectivity index (χ3n) is 1.44. The molecule has 0 aromatic rings. The quantitative estimate of drug-likeness (QED) is 0.358. The van der Waals surface area contributed by atoms with Crippen molar-refractivity contribution in [2.24, 2.45) is 0 Å². The first-order valence-corrected chi connectivity index (χ1v) is 18.0. The summed E-state index contributed by atoms with van der Waals surface area (Å²) in [5.74, 6) is 0. The fourth-order valence-electron chi connectivity index (χ4n) is 0.938. The minimum Gasteiger partial charge on any atom is 0 e. The van der Waals surface area contributed by atoms with Gasteiger partial charge in [-0.1, -0.05) is 0 Å². The average Bonchev–Trinajstić information content (AvgIpc) is 2.30. The van der Waals surface area contributed by atoms with Gasteiger partial charge in [0, 0.05) is 46.5 Å². The van der Waals surface area contributed by atoms with E-state index in [1.54, 1.807) is 17.1 Å². The summed E-state index contributed by atoms with van der Waals surface area (Å²) in [5.41, 5.74) is 0. The van der Waals surface area contributed by atoms with Crippen LogP contribution in [0.5, 0.6) is 0 Å². The van der Waals surface area contributed by atoms with E-state index >= 15 is 0 Å². The van der Waals surface area contributed by atoms with Crippen molar-refractivity contribution in [3.05, 3.63) is 0 Å². The lowest BCUT2D eigenvalue weighted by atomic mass is 26.3. The fourth-order valence-corrected chi connectivity index (χ4v) is 218. The first-order chi connectivity index (χ1) is 2.98. The van der Waals surface area contributed by atoms with Crippen LogP contribution >= 0.6 is 0 Å². The molecule has 4 fully saturated rings. The van der Waals surface area contributed by atoms with Gasteiger partial charge < -0.3 is 0 Å². The van der Waals surface area contributed by atoms with Crippen LogP contribution < -0.4 is 0 Å². The highest BCUT2D eigenvalue weighted by Crippen LogP contribution is 2.41. The van der Waals surface area contributed by atoms with Gasteiger partial charge in [-0.15, -0.1) is 0 Å². The van der Waals surface area contributed by atoms with Crippen LogP contribution in [0.15, 0.2) is 0 Å². The summed E-state index contributed by atoms with van der Waals surface area (Å²) in [6, 6.07) is 0. The van der Waals surface area contributed by atoms with Gasteiger partial charge in [0.25, 0.3) is 0 Å². The lowest BCUT2D eigenvalue weighted by Crippen LogP contribution is -2.17.